The second-order valence-corrected chi connectivity index (χ2v) is 13.5. The molecule has 11 nitrogen and oxygen atoms in total. The van der Waals surface area contributed by atoms with Crippen LogP contribution in [0.4, 0.5) is 29.3 Å². The van der Waals surface area contributed by atoms with Gasteiger partial charge in [-0.05, 0) is 68.5 Å². The largest absolute Gasteiger partial charge is 0.444 e. The van der Waals surface area contributed by atoms with Crippen molar-refractivity contribution in [3.05, 3.63) is 95.0 Å². The van der Waals surface area contributed by atoms with Gasteiger partial charge in [0.15, 0.2) is 0 Å². The van der Waals surface area contributed by atoms with E-state index in [2.05, 4.69) is 30.9 Å². The highest BCUT2D eigenvalue weighted by Crippen LogP contribution is 2.35. The molecule has 1 saturated heterocycles. The molecule has 1 aliphatic heterocycles. The number of ether oxygens (including phenoxy) is 1. The summed E-state index contributed by atoms with van der Waals surface area (Å²) in [6.45, 7) is 8.15. The van der Waals surface area contributed by atoms with Crippen LogP contribution in [0.15, 0.2) is 71.8 Å². The molecule has 1 fully saturated rings. The maximum absolute atomic E-state index is 14.7. The number of aromatic nitrogens is 5. The molecular formula is C34H33F3N8O3S. The molecule has 5 aromatic rings. The lowest BCUT2D eigenvalue weighted by Crippen LogP contribution is -2.57. The van der Waals surface area contributed by atoms with Crippen LogP contribution in [-0.4, -0.2) is 61.7 Å². The molecule has 2 amide bonds. The van der Waals surface area contributed by atoms with Gasteiger partial charge in [-0.15, -0.1) is 5.10 Å². The summed E-state index contributed by atoms with van der Waals surface area (Å²) in [5.74, 6) is -3.86. The van der Waals surface area contributed by atoms with Gasteiger partial charge < -0.3 is 20.3 Å². The second kappa shape index (κ2) is 13.7. The Morgan fingerprint density at radius 2 is 1.80 bits per heavy atom. The fourth-order valence-corrected chi connectivity index (χ4v) is 6.53. The monoisotopic (exact) mass is 690 g/mol. The fourth-order valence-electron chi connectivity index (χ4n) is 5.88. The molecule has 3 atom stereocenters. The number of pyridine rings is 2. The molecule has 49 heavy (non-hydrogen) atoms. The van der Waals surface area contributed by atoms with Crippen LogP contribution in [0.1, 0.15) is 44.2 Å². The first-order valence-electron chi connectivity index (χ1n) is 15.4. The SMILES string of the molecule is C[C@H]1CN(c2ccncc2NC(=O)c2ccc(F)c(-c3c(F)cccc3F)n2)C[C@@H](NC(=O)OC(C)(C)C)[C@H]1n1cc(-c2ccsc2)nn1. The van der Waals surface area contributed by atoms with Gasteiger partial charge >= 0.3 is 6.09 Å². The van der Waals surface area contributed by atoms with Gasteiger partial charge in [0.05, 0.1) is 41.4 Å². The third kappa shape index (κ3) is 7.41. The molecule has 0 radical (unpaired) electrons. The maximum atomic E-state index is 14.7. The van der Waals surface area contributed by atoms with Gasteiger partial charge in [0.1, 0.15) is 40.1 Å². The van der Waals surface area contributed by atoms with Gasteiger partial charge in [0.25, 0.3) is 5.91 Å². The number of hydrogen-bond donors (Lipinski definition) is 2. The molecule has 2 N–H and O–H groups in total. The molecule has 0 saturated carbocycles. The number of halogens is 3. The lowest BCUT2D eigenvalue weighted by molar-refractivity contribution is 0.0465. The lowest BCUT2D eigenvalue weighted by Gasteiger charge is -2.44. The van der Waals surface area contributed by atoms with E-state index in [0.717, 1.165) is 35.9 Å². The summed E-state index contributed by atoms with van der Waals surface area (Å²) in [6, 6.07) is 8.03. The van der Waals surface area contributed by atoms with E-state index in [-0.39, 0.29) is 17.7 Å². The molecule has 1 aliphatic rings. The molecule has 0 bridgehead atoms. The van der Waals surface area contributed by atoms with Crippen molar-refractivity contribution in [2.75, 3.05) is 23.3 Å². The number of carbonyl (C=O) groups excluding carboxylic acids is 2. The Morgan fingerprint density at radius 1 is 1.02 bits per heavy atom. The van der Waals surface area contributed by atoms with Crippen LogP contribution in [0.5, 0.6) is 0 Å². The molecule has 5 heterocycles. The summed E-state index contributed by atoms with van der Waals surface area (Å²) in [4.78, 5) is 36.6. The number of hydrogen-bond acceptors (Lipinski definition) is 9. The van der Waals surface area contributed by atoms with E-state index in [1.807, 2.05) is 34.8 Å². The summed E-state index contributed by atoms with van der Waals surface area (Å²) in [6.07, 6.45) is 4.28. The van der Waals surface area contributed by atoms with Crippen LogP contribution in [0.2, 0.25) is 0 Å². The van der Waals surface area contributed by atoms with Gasteiger partial charge in [-0.25, -0.2) is 27.6 Å². The van der Waals surface area contributed by atoms with E-state index < -0.39 is 52.4 Å². The third-order valence-electron chi connectivity index (χ3n) is 7.92. The number of rotatable bonds is 7. The number of carbonyl (C=O) groups is 2. The van der Waals surface area contributed by atoms with Crippen LogP contribution >= 0.6 is 11.3 Å². The predicted octanol–water partition coefficient (Wildman–Crippen LogP) is 6.72. The highest BCUT2D eigenvalue weighted by Gasteiger charge is 2.39. The minimum Gasteiger partial charge on any atom is -0.444 e. The molecule has 0 spiro atoms. The zero-order valence-electron chi connectivity index (χ0n) is 27.0. The first-order valence-corrected chi connectivity index (χ1v) is 16.4. The molecule has 1 aromatic carbocycles. The highest BCUT2D eigenvalue weighted by molar-refractivity contribution is 7.08. The van der Waals surface area contributed by atoms with Crippen molar-refractivity contribution in [3.63, 3.8) is 0 Å². The summed E-state index contributed by atoms with van der Waals surface area (Å²) in [7, 11) is 0. The normalized spacial score (nSPS) is 17.9. The number of anilines is 2. The van der Waals surface area contributed by atoms with Crippen molar-refractivity contribution >= 4 is 34.7 Å². The van der Waals surface area contributed by atoms with Gasteiger partial charge in [0, 0.05) is 30.2 Å². The van der Waals surface area contributed by atoms with E-state index in [1.54, 1.807) is 49.1 Å². The number of benzene rings is 1. The van der Waals surface area contributed by atoms with Crippen molar-refractivity contribution in [3.8, 4) is 22.5 Å². The van der Waals surface area contributed by atoms with Crippen molar-refractivity contribution in [1.82, 2.24) is 30.3 Å². The van der Waals surface area contributed by atoms with Gasteiger partial charge in [0.2, 0.25) is 0 Å². The van der Waals surface area contributed by atoms with Gasteiger partial charge in [-0.2, -0.15) is 11.3 Å². The van der Waals surface area contributed by atoms with Crippen LogP contribution in [0.3, 0.4) is 0 Å². The van der Waals surface area contributed by atoms with Crippen molar-refractivity contribution in [2.45, 2.75) is 45.4 Å². The van der Waals surface area contributed by atoms with Crippen LogP contribution in [0.25, 0.3) is 22.5 Å². The summed E-state index contributed by atoms with van der Waals surface area (Å²) >= 11 is 1.55. The first kappa shape index (κ1) is 33.6. The maximum Gasteiger partial charge on any atom is 0.408 e. The van der Waals surface area contributed by atoms with Crippen molar-refractivity contribution in [2.24, 2.45) is 5.92 Å². The van der Waals surface area contributed by atoms with E-state index in [1.165, 1.54) is 6.20 Å². The standard InChI is InChI=1S/C34H33F3N8O3S/c1-19-15-44(16-27(41-33(47)48-34(2,3)4)31(19)45-17-26(42-43-45)20-11-13-49-18-20)28-10-12-38-14-25(28)40-32(46)24-9-8-23(37)30(39-24)29-21(35)6-5-7-22(29)36/h5-14,17-19,27,31H,15-16H2,1-4H3,(H,40,46)(H,41,47)/t19-,27+,31-/m0/s1. The molecular weight excluding hydrogens is 657 g/mol. The van der Waals surface area contributed by atoms with Gasteiger partial charge in [-0.1, -0.05) is 18.2 Å². The van der Waals surface area contributed by atoms with Crippen LogP contribution in [0, 0.1) is 23.4 Å². The molecule has 6 rings (SSSR count). The summed E-state index contributed by atoms with van der Waals surface area (Å²) in [5, 5.41) is 18.5. The topological polar surface area (TPSA) is 127 Å². The molecule has 0 unspecified atom stereocenters. The Labute approximate surface area is 284 Å². The lowest BCUT2D eigenvalue weighted by atomic mass is 9.89. The highest BCUT2D eigenvalue weighted by atomic mass is 32.1. The molecule has 4 aromatic heterocycles. The second-order valence-electron chi connectivity index (χ2n) is 12.7. The van der Waals surface area contributed by atoms with Gasteiger partial charge in [-0.3, -0.25) is 9.78 Å². The smallest absolute Gasteiger partial charge is 0.408 e. The predicted molar refractivity (Wildman–Crippen MR) is 179 cm³/mol. The Hall–Kier alpha value is -5.31. The Morgan fingerprint density at radius 3 is 2.51 bits per heavy atom. The average molecular weight is 691 g/mol. The van der Waals surface area contributed by atoms with E-state index in [0.29, 0.717) is 30.2 Å². The zero-order valence-corrected chi connectivity index (χ0v) is 27.8. The number of nitrogens with zero attached hydrogens (tertiary/aromatic N) is 6. The number of thiophene rings is 1. The molecule has 254 valence electrons. The van der Waals surface area contributed by atoms with Crippen molar-refractivity contribution in [1.29, 1.82) is 0 Å². The number of piperidine rings is 1. The average Bonchev–Trinajstić information content (AvgIpc) is 3.74. The molecule has 15 heteroatoms. The Kier molecular flexibility index (Phi) is 9.37. The minimum atomic E-state index is -1.01. The Bertz CT molecular complexity index is 1960. The van der Waals surface area contributed by atoms with Crippen molar-refractivity contribution < 1.29 is 27.5 Å². The fraction of sp³-hybridized carbons (Fsp3) is 0.294. The quantitative estimate of drug-likeness (QED) is 0.193. The number of amides is 2. The Balaban J connectivity index is 1.28. The third-order valence-corrected chi connectivity index (χ3v) is 8.60. The van der Waals surface area contributed by atoms with E-state index in [4.69, 9.17) is 4.74 Å². The zero-order chi connectivity index (χ0) is 34.9. The number of nitrogens with one attached hydrogen (secondary N) is 2. The van der Waals surface area contributed by atoms with E-state index >= 15 is 0 Å². The summed E-state index contributed by atoms with van der Waals surface area (Å²) in [5.41, 5.74) is 0.248. The van der Waals surface area contributed by atoms with Crippen LogP contribution in [-0.2, 0) is 4.74 Å². The minimum absolute atomic E-state index is 0.0978. The first-order chi connectivity index (χ1) is 23.4. The molecule has 0 aliphatic carbocycles. The van der Waals surface area contributed by atoms with E-state index in [9.17, 15) is 22.8 Å². The van der Waals surface area contributed by atoms with Crippen LogP contribution < -0.4 is 15.5 Å². The number of alkyl carbamates (subject to hydrolysis) is 1. The summed E-state index contributed by atoms with van der Waals surface area (Å²) < 4.78 is 51.0.